The quantitative estimate of drug-likeness (QED) is 0.486. The maximum Gasteiger partial charge on any atom is 0.184 e. The molecule has 0 radical (unpaired) electrons. The topological polar surface area (TPSA) is 91.3 Å². The summed E-state index contributed by atoms with van der Waals surface area (Å²) in [5.41, 5.74) is -1.22. The van der Waals surface area contributed by atoms with Crippen molar-refractivity contribution in [3.05, 3.63) is 0 Å². The molecule has 2 bridgehead atoms. The Morgan fingerprint density at radius 1 is 1.30 bits per heavy atom. The van der Waals surface area contributed by atoms with Crippen LogP contribution in [0.15, 0.2) is 0 Å². The van der Waals surface area contributed by atoms with Gasteiger partial charge in [-0.25, -0.2) is 8.42 Å². The van der Waals surface area contributed by atoms with Gasteiger partial charge in [0.05, 0.1) is 15.9 Å². The summed E-state index contributed by atoms with van der Waals surface area (Å²) in [4.78, 5) is 23.3. The first kappa shape index (κ1) is 23.2. The van der Waals surface area contributed by atoms with Gasteiger partial charge in [-0.15, -0.1) is 0 Å². The molecule has 1 aliphatic heterocycles. The summed E-state index contributed by atoms with van der Waals surface area (Å²) in [5, 5.41) is 0. The number of fused-ring (bicyclic) bond motifs is 2. The molecule has 0 aromatic rings. The average molecular weight is 437 g/mol. The van der Waals surface area contributed by atoms with Gasteiger partial charge in [0.2, 0.25) is 0 Å². The van der Waals surface area contributed by atoms with E-state index in [1.807, 2.05) is 39.5 Å². The summed E-state index contributed by atoms with van der Waals surface area (Å²) in [5.74, 6) is 6.39. The third-order valence-corrected chi connectivity index (χ3v) is 11.2. The van der Waals surface area contributed by atoms with Crippen LogP contribution in [-0.4, -0.2) is 59.1 Å². The molecular weight excluding hydrogens is 404 g/mol. The van der Waals surface area contributed by atoms with Gasteiger partial charge in [-0.3, -0.25) is 9.59 Å². The van der Waals surface area contributed by atoms with Crippen molar-refractivity contribution in [2.45, 2.75) is 47.0 Å². The third kappa shape index (κ3) is 5.31. The van der Waals surface area contributed by atoms with E-state index < -0.39 is 21.3 Å². The van der Waals surface area contributed by atoms with E-state index in [9.17, 15) is 22.6 Å². The lowest BCUT2D eigenvalue weighted by Gasteiger charge is -2.37. The molecule has 0 amide bonds. The van der Waals surface area contributed by atoms with Crippen molar-refractivity contribution in [3.63, 3.8) is 0 Å². The molecule has 0 spiro atoms. The number of hydrogen-bond acceptors (Lipinski definition) is 6. The Bertz CT molecular complexity index is 665. The van der Waals surface area contributed by atoms with Crippen LogP contribution >= 0.6 is 11.8 Å². The molecule has 156 valence electrons. The van der Waals surface area contributed by atoms with Gasteiger partial charge in [0.25, 0.3) is 0 Å². The highest BCUT2D eigenvalue weighted by Gasteiger charge is 2.64. The van der Waals surface area contributed by atoms with Crippen LogP contribution in [0.3, 0.4) is 0 Å². The number of carbonyl (C=O) groups excluding carboxylic acids is 2. The van der Waals surface area contributed by atoms with Crippen molar-refractivity contribution in [2.75, 3.05) is 34.5 Å². The third-order valence-electron chi connectivity index (χ3n) is 6.59. The van der Waals surface area contributed by atoms with E-state index in [0.717, 1.165) is 12.2 Å². The molecule has 1 heterocycles. The van der Waals surface area contributed by atoms with Crippen LogP contribution in [0, 0.1) is 22.7 Å². The predicted molar refractivity (Wildman–Crippen MR) is 112 cm³/mol. The molecule has 27 heavy (non-hydrogen) atoms. The Morgan fingerprint density at radius 2 is 1.89 bits per heavy atom. The molecule has 1 saturated heterocycles. The zero-order valence-electron chi connectivity index (χ0n) is 16.8. The minimum Gasteiger partial charge on any atom is -0.748 e. The minimum absolute atomic E-state index is 0.0248. The summed E-state index contributed by atoms with van der Waals surface area (Å²) in [6, 6.07) is 0. The molecule has 5 nitrogen and oxygen atoms in total. The van der Waals surface area contributed by atoms with E-state index in [4.69, 9.17) is 0 Å². The number of rotatable bonds is 5. The number of carbonyl (C=O) groups is 2. The number of thioether (sulfide) groups is 1. The Labute approximate surface area is 170 Å². The summed E-state index contributed by atoms with van der Waals surface area (Å²) < 4.78 is 32.7. The van der Waals surface area contributed by atoms with E-state index in [1.165, 1.54) is 23.0 Å². The summed E-state index contributed by atoms with van der Waals surface area (Å²) in [6.07, 6.45) is 1.88. The molecule has 0 N–H and O–H groups in total. The minimum atomic E-state index is -4.33. The van der Waals surface area contributed by atoms with Crippen LogP contribution in [0.1, 0.15) is 47.0 Å². The monoisotopic (exact) mass is 436 g/mol. The molecule has 2 saturated carbocycles. The zero-order chi connectivity index (χ0) is 20.5. The Hall–Kier alpha value is -0.0500. The normalized spacial score (nSPS) is 30.3. The van der Waals surface area contributed by atoms with E-state index in [2.05, 4.69) is 0 Å². The zero-order valence-corrected chi connectivity index (χ0v) is 19.2. The van der Waals surface area contributed by atoms with Gasteiger partial charge in [0.15, 0.2) is 11.5 Å². The van der Waals surface area contributed by atoms with Gasteiger partial charge in [-0.2, -0.15) is 11.8 Å². The van der Waals surface area contributed by atoms with Crippen LogP contribution in [0.4, 0.5) is 0 Å². The van der Waals surface area contributed by atoms with E-state index >= 15 is 0 Å². The van der Waals surface area contributed by atoms with Gasteiger partial charge in [0, 0.05) is 29.3 Å². The van der Waals surface area contributed by atoms with Crippen LogP contribution in [0.2, 0.25) is 0 Å². The number of Topliss-reactive ketones (excluding diaryl/α,β-unsaturated/α-hetero) is 2. The van der Waals surface area contributed by atoms with Crippen LogP contribution in [0.5, 0.6) is 0 Å². The lowest BCUT2D eigenvalue weighted by molar-refractivity contribution is -0.128. The van der Waals surface area contributed by atoms with Crippen LogP contribution < -0.4 is 0 Å². The maximum atomic E-state index is 11.8. The second-order valence-electron chi connectivity index (χ2n) is 8.77. The van der Waals surface area contributed by atoms with Crippen molar-refractivity contribution in [2.24, 2.45) is 22.7 Å². The maximum absolute atomic E-state index is 11.8. The molecule has 0 aromatic heterocycles. The average Bonchev–Trinajstić information content (AvgIpc) is 2.89. The molecule has 8 heteroatoms. The molecule has 0 aromatic carbocycles. The smallest absolute Gasteiger partial charge is 0.184 e. The van der Waals surface area contributed by atoms with Gasteiger partial charge in [-0.05, 0) is 35.1 Å². The van der Waals surface area contributed by atoms with Gasteiger partial charge < -0.3 is 4.55 Å². The second-order valence-corrected chi connectivity index (χ2v) is 13.7. The highest BCUT2D eigenvalue weighted by Crippen LogP contribution is 2.64. The highest BCUT2D eigenvalue weighted by molar-refractivity contribution is 8.05. The number of ketones is 2. The van der Waals surface area contributed by atoms with Gasteiger partial charge in [-0.1, -0.05) is 27.7 Å². The lowest BCUT2D eigenvalue weighted by atomic mass is 9.70. The fourth-order valence-corrected chi connectivity index (χ4v) is 10.0. The molecule has 3 fully saturated rings. The lowest BCUT2D eigenvalue weighted by Crippen LogP contribution is -2.42. The van der Waals surface area contributed by atoms with E-state index in [0.29, 0.717) is 29.5 Å². The molecule has 3 aliphatic rings. The molecule has 2 aliphatic carbocycles. The Morgan fingerprint density at radius 3 is 2.30 bits per heavy atom. The predicted octanol–water partition coefficient (Wildman–Crippen LogP) is 2.50. The second kappa shape index (κ2) is 8.76. The van der Waals surface area contributed by atoms with Crippen molar-refractivity contribution < 1.29 is 22.6 Å². The molecule has 3 rings (SSSR count). The molecule has 2 unspecified atom stereocenters. The summed E-state index contributed by atoms with van der Waals surface area (Å²) in [7, 11) is -3.89. The molecule has 2 atom stereocenters. The molecular formula is C19H32O5S3. The van der Waals surface area contributed by atoms with Crippen molar-refractivity contribution in [3.8, 4) is 0 Å². The van der Waals surface area contributed by atoms with Crippen molar-refractivity contribution in [1.82, 2.24) is 0 Å². The summed E-state index contributed by atoms with van der Waals surface area (Å²) >= 11 is 2.03. The van der Waals surface area contributed by atoms with Crippen molar-refractivity contribution in [1.29, 1.82) is 0 Å². The Balaban J connectivity index is 0.000000199. The van der Waals surface area contributed by atoms with E-state index in [-0.39, 0.29) is 23.0 Å². The fraction of sp³-hybridized carbons (Fsp3) is 0.895. The SMILES string of the molecule is CC(C)C(=O)C[S+]1CCSCC1.CC1(C)C2CCC1(CS(=O)(=O)[O-])C(=O)C2. The van der Waals surface area contributed by atoms with E-state index in [1.54, 1.807) is 0 Å². The fourth-order valence-electron chi connectivity index (χ4n) is 4.48. The van der Waals surface area contributed by atoms with Gasteiger partial charge >= 0.3 is 0 Å². The first-order valence-electron chi connectivity index (χ1n) is 9.60. The van der Waals surface area contributed by atoms with Gasteiger partial charge in [0.1, 0.15) is 17.3 Å². The first-order valence-corrected chi connectivity index (χ1v) is 14.1. The van der Waals surface area contributed by atoms with Crippen molar-refractivity contribution >= 4 is 44.3 Å². The first-order chi connectivity index (χ1) is 12.4. The van der Waals surface area contributed by atoms with Crippen LogP contribution in [-0.2, 0) is 30.6 Å². The van der Waals surface area contributed by atoms with Crippen LogP contribution in [0.25, 0.3) is 0 Å². The Kier molecular flexibility index (Phi) is 7.53. The standard InChI is InChI=1S/C10H16O4S.C9H17OS2/c1-9(2)7-3-4-10(9,8(11)5-7)6-15(12,13)14;1-8(2)9(10)7-12-5-3-11-4-6-12/h7H,3-6H2,1-2H3,(H,12,13,14);8H,3-7H2,1-2H3/q;+1/p-1. The number of hydrogen-bond donors (Lipinski definition) is 0. The highest BCUT2D eigenvalue weighted by atomic mass is 32.2. The summed E-state index contributed by atoms with van der Waals surface area (Å²) in [6.45, 7) is 7.84. The largest absolute Gasteiger partial charge is 0.748 e.